The highest BCUT2D eigenvalue weighted by molar-refractivity contribution is 7.78. The number of benzene rings is 3. The van der Waals surface area contributed by atoms with Crippen LogP contribution in [0.25, 0.3) is 10.8 Å². The van der Waals surface area contributed by atoms with Gasteiger partial charge in [0.05, 0.1) is 16.4 Å². The van der Waals surface area contributed by atoms with Crippen LogP contribution in [0.2, 0.25) is 0 Å². The molecule has 4 nitrogen and oxygen atoms in total. The molecule has 0 radical (unpaired) electrons. The zero-order chi connectivity index (χ0) is 16.2. The summed E-state index contributed by atoms with van der Waals surface area (Å²) in [4.78, 5) is 16.2. The number of rotatable bonds is 3. The highest BCUT2D eigenvalue weighted by Crippen LogP contribution is 2.29. The molecule has 0 unspecified atom stereocenters. The Labute approximate surface area is 138 Å². The van der Waals surface area contributed by atoms with Crippen molar-refractivity contribution in [1.29, 1.82) is 0 Å². The van der Waals surface area contributed by atoms with E-state index in [1.165, 1.54) is 0 Å². The number of anilines is 1. The zero-order valence-electron chi connectivity index (χ0n) is 12.0. The molecule has 1 amide bonds. The topological polar surface area (TPSA) is 61.7 Å². The average molecular weight is 320 g/mol. The maximum atomic E-state index is 12.4. The normalized spacial score (nSPS) is 10.1. The predicted octanol–water partition coefficient (Wildman–Crippen LogP) is 4.53. The molecule has 2 N–H and O–H groups in total. The molecule has 3 rings (SSSR count). The highest BCUT2D eigenvalue weighted by Gasteiger charge is 2.13. The number of carbonyl (C=O) groups is 1. The molecule has 23 heavy (non-hydrogen) atoms. The molecule has 0 bridgehead atoms. The number of amides is 1. The lowest BCUT2D eigenvalue weighted by Crippen LogP contribution is -2.12. The van der Waals surface area contributed by atoms with Gasteiger partial charge < -0.3 is 10.4 Å². The second-order valence-electron chi connectivity index (χ2n) is 4.89. The van der Waals surface area contributed by atoms with E-state index in [1.807, 2.05) is 18.2 Å². The van der Waals surface area contributed by atoms with Crippen LogP contribution in [0, 0.1) is 0 Å². The number of fused-ring (bicyclic) bond motifs is 1. The van der Waals surface area contributed by atoms with Crippen LogP contribution in [0.5, 0.6) is 5.75 Å². The zero-order valence-corrected chi connectivity index (χ0v) is 12.8. The van der Waals surface area contributed by atoms with Crippen molar-refractivity contribution < 1.29 is 9.90 Å². The number of thiocarbonyl (C=S) groups is 1. The fourth-order valence-corrected chi connectivity index (χ4v) is 2.41. The van der Waals surface area contributed by atoms with E-state index in [2.05, 4.69) is 27.7 Å². The molecule has 0 aromatic heterocycles. The van der Waals surface area contributed by atoms with Crippen molar-refractivity contribution in [3.63, 3.8) is 0 Å². The Kier molecular flexibility index (Phi) is 4.15. The first-order chi connectivity index (χ1) is 11.2. The van der Waals surface area contributed by atoms with Crippen LogP contribution in [0.4, 0.5) is 11.4 Å². The molecule has 0 aliphatic carbocycles. The summed E-state index contributed by atoms with van der Waals surface area (Å²) in [5.74, 6) is -0.401. The summed E-state index contributed by atoms with van der Waals surface area (Å²) in [6.07, 6.45) is 0. The standard InChI is InChI=1S/C18H12N2O2S/c21-17-15-4-2-1-3-12(15)5-10-16(17)18(22)20-14-8-6-13(7-9-14)19-11-23/h1-10,21H,(H,20,22). The van der Waals surface area contributed by atoms with Crippen LogP contribution >= 0.6 is 12.2 Å². The van der Waals surface area contributed by atoms with Crippen molar-refractivity contribution in [3.05, 3.63) is 66.2 Å². The fourth-order valence-electron chi connectivity index (χ4n) is 2.31. The molecule has 0 aliphatic rings. The SMILES string of the molecule is O=C(Nc1ccc(N=C=S)cc1)c1ccc2ccccc2c1O. The molecular formula is C18H12N2O2S. The largest absolute Gasteiger partial charge is 0.506 e. The van der Waals surface area contributed by atoms with Gasteiger partial charge >= 0.3 is 0 Å². The number of nitrogens with zero attached hydrogens (tertiary/aromatic N) is 1. The Morgan fingerprint density at radius 3 is 2.52 bits per heavy atom. The van der Waals surface area contributed by atoms with E-state index in [-0.39, 0.29) is 17.2 Å². The van der Waals surface area contributed by atoms with Crippen LogP contribution < -0.4 is 5.32 Å². The van der Waals surface area contributed by atoms with Gasteiger partial charge in [0.1, 0.15) is 5.75 Å². The van der Waals surface area contributed by atoms with Gasteiger partial charge in [-0.2, -0.15) is 4.99 Å². The minimum Gasteiger partial charge on any atom is -0.506 e. The van der Waals surface area contributed by atoms with Crippen LogP contribution in [-0.2, 0) is 0 Å². The lowest BCUT2D eigenvalue weighted by atomic mass is 10.0. The molecule has 0 aliphatic heterocycles. The van der Waals surface area contributed by atoms with Crippen molar-refractivity contribution >= 4 is 45.4 Å². The number of aliphatic imine (C=N–C) groups is 1. The number of isothiocyanates is 1. The minimum absolute atomic E-state index is 0.0254. The molecule has 0 fully saturated rings. The van der Waals surface area contributed by atoms with Gasteiger partial charge in [-0.15, -0.1) is 0 Å². The van der Waals surface area contributed by atoms with E-state index in [0.29, 0.717) is 16.8 Å². The third kappa shape index (κ3) is 3.11. The van der Waals surface area contributed by atoms with Crippen LogP contribution in [0.1, 0.15) is 10.4 Å². The molecule has 0 saturated heterocycles. The first kappa shape index (κ1) is 14.9. The summed E-state index contributed by atoms with van der Waals surface area (Å²) >= 11 is 4.54. The Morgan fingerprint density at radius 1 is 1.04 bits per heavy atom. The van der Waals surface area contributed by atoms with E-state index >= 15 is 0 Å². The quantitative estimate of drug-likeness (QED) is 0.550. The Balaban J connectivity index is 1.88. The van der Waals surface area contributed by atoms with Crippen molar-refractivity contribution in [1.82, 2.24) is 0 Å². The molecule has 0 spiro atoms. The van der Waals surface area contributed by atoms with Gasteiger partial charge in [-0.3, -0.25) is 4.79 Å². The summed E-state index contributed by atoms with van der Waals surface area (Å²) < 4.78 is 0. The van der Waals surface area contributed by atoms with Gasteiger partial charge in [0.15, 0.2) is 0 Å². The van der Waals surface area contributed by atoms with Gasteiger partial charge in [0.2, 0.25) is 0 Å². The number of nitrogens with one attached hydrogen (secondary N) is 1. The van der Waals surface area contributed by atoms with Crippen LogP contribution in [0.15, 0.2) is 65.7 Å². The third-order valence-electron chi connectivity index (χ3n) is 3.45. The molecule has 112 valence electrons. The van der Waals surface area contributed by atoms with Gasteiger partial charge in [0, 0.05) is 11.1 Å². The predicted molar refractivity (Wildman–Crippen MR) is 94.7 cm³/mol. The fraction of sp³-hybridized carbons (Fsp3) is 0. The monoisotopic (exact) mass is 320 g/mol. The van der Waals surface area contributed by atoms with Crippen molar-refractivity contribution in [3.8, 4) is 5.75 Å². The van der Waals surface area contributed by atoms with E-state index < -0.39 is 0 Å². The Hall–Kier alpha value is -3.01. The summed E-state index contributed by atoms with van der Waals surface area (Å²) in [5.41, 5.74) is 1.49. The number of hydrogen-bond donors (Lipinski definition) is 2. The number of phenols is 1. The van der Waals surface area contributed by atoms with Gasteiger partial charge in [0.25, 0.3) is 5.91 Å². The molecule has 3 aromatic rings. The number of hydrogen-bond acceptors (Lipinski definition) is 4. The van der Waals surface area contributed by atoms with Crippen molar-refractivity contribution in [2.45, 2.75) is 0 Å². The Bertz CT molecular complexity index is 929. The molecule has 3 aromatic carbocycles. The maximum Gasteiger partial charge on any atom is 0.259 e. The van der Waals surface area contributed by atoms with Crippen molar-refractivity contribution in [2.75, 3.05) is 5.32 Å². The highest BCUT2D eigenvalue weighted by atomic mass is 32.1. The van der Waals surface area contributed by atoms with Crippen LogP contribution in [0.3, 0.4) is 0 Å². The smallest absolute Gasteiger partial charge is 0.259 e. The van der Waals surface area contributed by atoms with Crippen molar-refractivity contribution in [2.24, 2.45) is 4.99 Å². The summed E-state index contributed by atoms with van der Waals surface area (Å²) in [6, 6.07) is 17.6. The second-order valence-corrected chi connectivity index (χ2v) is 5.07. The Morgan fingerprint density at radius 2 is 1.78 bits per heavy atom. The first-order valence-corrected chi connectivity index (χ1v) is 7.30. The summed E-state index contributed by atoms with van der Waals surface area (Å²) in [6.45, 7) is 0. The maximum absolute atomic E-state index is 12.4. The van der Waals surface area contributed by atoms with E-state index in [4.69, 9.17) is 0 Å². The molecular weight excluding hydrogens is 308 g/mol. The van der Waals surface area contributed by atoms with E-state index in [1.54, 1.807) is 42.5 Å². The third-order valence-corrected chi connectivity index (χ3v) is 3.54. The number of aromatic hydroxyl groups is 1. The van der Waals surface area contributed by atoms with Gasteiger partial charge in [-0.25, -0.2) is 0 Å². The minimum atomic E-state index is -0.376. The molecule has 5 heteroatoms. The first-order valence-electron chi connectivity index (χ1n) is 6.89. The molecule has 0 saturated carbocycles. The second kappa shape index (κ2) is 6.40. The van der Waals surface area contributed by atoms with E-state index in [0.717, 1.165) is 5.39 Å². The van der Waals surface area contributed by atoms with E-state index in [9.17, 15) is 9.90 Å². The number of carbonyl (C=O) groups excluding carboxylic acids is 1. The summed E-state index contributed by atoms with van der Waals surface area (Å²) in [7, 11) is 0. The lowest BCUT2D eigenvalue weighted by molar-refractivity contribution is 0.102. The lowest BCUT2D eigenvalue weighted by Gasteiger charge is -2.09. The average Bonchev–Trinajstić information content (AvgIpc) is 2.57. The van der Waals surface area contributed by atoms with Gasteiger partial charge in [-0.1, -0.05) is 30.3 Å². The summed E-state index contributed by atoms with van der Waals surface area (Å²) in [5, 5.41) is 16.9. The van der Waals surface area contributed by atoms with Crippen LogP contribution in [-0.4, -0.2) is 16.2 Å². The van der Waals surface area contributed by atoms with Gasteiger partial charge in [-0.05, 0) is 47.9 Å². The number of phenolic OH excluding ortho intramolecular Hbond substituents is 1. The molecule has 0 heterocycles. The molecule has 0 atom stereocenters.